The molecule has 8 heteroatoms. The van der Waals surface area contributed by atoms with Gasteiger partial charge in [-0.25, -0.2) is 4.39 Å². The third-order valence-corrected chi connectivity index (χ3v) is 6.82. The first kappa shape index (κ1) is 21.6. The predicted molar refractivity (Wildman–Crippen MR) is 123 cm³/mol. The zero-order chi connectivity index (χ0) is 23.1. The Morgan fingerprint density at radius 1 is 1.15 bits per heavy atom. The van der Waals surface area contributed by atoms with Gasteiger partial charge in [0.2, 0.25) is 5.91 Å². The molecular formula is C25H27FN4O3. The molecule has 1 fully saturated rings. The van der Waals surface area contributed by atoms with E-state index in [0.717, 1.165) is 37.2 Å². The molecule has 3 heterocycles. The molecule has 172 valence electrons. The summed E-state index contributed by atoms with van der Waals surface area (Å²) >= 11 is 0. The maximum Gasteiger partial charge on any atom is 0.256 e. The first-order valence-electron chi connectivity index (χ1n) is 11.5. The quantitative estimate of drug-likeness (QED) is 0.702. The highest BCUT2D eigenvalue weighted by Crippen LogP contribution is 2.36. The number of carbonyl (C=O) groups excluding carboxylic acids is 3. The van der Waals surface area contributed by atoms with Crippen LogP contribution in [-0.4, -0.2) is 65.6 Å². The van der Waals surface area contributed by atoms with Crippen LogP contribution in [0.1, 0.15) is 52.1 Å². The van der Waals surface area contributed by atoms with Gasteiger partial charge in [0, 0.05) is 67.2 Å². The van der Waals surface area contributed by atoms with Gasteiger partial charge in [-0.15, -0.1) is 0 Å². The molecule has 0 saturated carbocycles. The van der Waals surface area contributed by atoms with Gasteiger partial charge < -0.3 is 20.1 Å². The van der Waals surface area contributed by atoms with Crippen molar-refractivity contribution in [2.24, 2.45) is 0 Å². The number of aryl methyl sites for hydroxylation is 1. The summed E-state index contributed by atoms with van der Waals surface area (Å²) in [5.41, 5.74) is 4.37. The van der Waals surface area contributed by atoms with Gasteiger partial charge in [-0.1, -0.05) is 0 Å². The number of nitrogens with zero attached hydrogens (tertiary/aromatic N) is 2. The summed E-state index contributed by atoms with van der Waals surface area (Å²) in [6, 6.07) is 4.19. The number of anilines is 1. The number of H-pyrrole nitrogens is 1. The number of fused-ring (bicyclic) bond motifs is 2. The summed E-state index contributed by atoms with van der Waals surface area (Å²) in [6.45, 7) is 3.12. The molecule has 7 nitrogen and oxygen atoms in total. The largest absolute Gasteiger partial charge is 0.358 e. The molecule has 1 aliphatic carbocycles. The van der Waals surface area contributed by atoms with E-state index in [1.54, 1.807) is 12.1 Å². The van der Waals surface area contributed by atoms with E-state index < -0.39 is 5.82 Å². The van der Waals surface area contributed by atoms with Crippen LogP contribution in [0.3, 0.4) is 0 Å². The highest BCUT2D eigenvalue weighted by Gasteiger charge is 2.29. The highest BCUT2D eigenvalue weighted by atomic mass is 19.1. The molecule has 0 unspecified atom stereocenters. The fourth-order valence-corrected chi connectivity index (χ4v) is 4.97. The standard InChI is InChI=1S/C25H27FN4O3/c1-29-9-11-30(12-10-29)23(32)8-6-16-21(27-20-3-2-4-22(31)24(16)20)14-18-17-13-15(26)5-7-19(17)28-25(18)33/h5,7,13-14,27H,2-4,6,8-12H2,1H3,(H,28,33)/b18-14-. The maximum absolute atomic E-state index is 13.9. The van der Waals surface area contributed by atoms with Crippen molar-refractivity contribution in [2.75, 3.05) is 38.5 Å². The highest BCUT2D eigenvalue weighted by molar-refractivity contribution is 6.35. The van der Waals surface area contributed by atoms with Crippen molar-refractivity contribution in [3.05, 3.63) is 52.1 Å². The van der Waals surface area contributed by atoms with E-state index in [4.69, 9.17) is 0 Å². The fourth-order valence-electron chi connectivity index (χ4n) is 4.97. The first-order valence-corrected chi connectivity index (χ1v) is 11.5. The molecule has 33 heavy (non-hydrogen) atoms. The fraction of sp³-hybridized carbons (Fsp3) is 0.400. The second kappa shape index (κ2) is 8.59. The molecule has 1 aromatic carbocycles. The van der Waals surface area contributed by atoms with Gasteiger partial charge in [0.1, 0.15) is 5.82 Å². The van der Waals surface area contributed by atoms with Crippen molar-refractivity contribution < 1.29 is 18.8 Å². The lowest BCUT2D eigenvalue weighted by atomic mass is 9.91. The van der Waals surface area contributed by atoms with E-state index in [-0.39, 0.29) is 17.6 Å². The zero-order valence-corrected chi connectivity index (χ0v) is 18.7. The van der Waals surface area contributed by atoms with Crippen molar-refractivity contribution >= 4 is 34.9 Å². The lowest BCUT2D eigenvalue weighted by Crippen LogP contribution is -2.47. The molecule has 1 aromatic heterocycles. The Balaban J connectivity index is 1.47. The number of ketones is 1. The van der Waals surface area contributed by atoms with E-state index in [1.807, 2.05) is 11.9 Å². The number of rotatable bonds is 4. The Morgan fingerprint density at radius 2 is 1.94 bits per heavy atom. The molecule has 2 aromatic rings. The summed E-state index contributed by atoms with van der Waals surface area (Å²) in [4.78, 5) is 45.6. The number of halogens is 1. The number of amides is 2. The van der Waals surface area contributed by atoms with Crippen LogP contribution in [0.5, 0.6) is 0 Å². The number of hydrogen-bond donors (Lipinski definition) is 2. The summed E-state index contributed by atoms with van der Waals surface area (Å²) in [5.74, 6) is -0.587. The van der Waals surface area contributed by atoms with Crippen LogP contribution in [0.2, 0.25) is 0 Å². The number of aromatic amines is 1. The van der Waals surface area contributed by atoms with Gasteiger partial charge in [-0.2, -0.15) is 0 Å². The number of aromatic nitrogens is 1. The van der Waals surface area contributed by atoms with E-state index in [2.05, 4.69) is 15.2 Å². The number of Topliss-reactive ketones (excluding diaryl/α,β-unsaturated/α-hetero) is 1. The molecule has 0 bridgehead atoms. The molecule has 0 radical (unpaired) electrons. The van der Waals surface area contributed by atoms with Gasteiger partial charge in [0.25, 0.3) is 5.91 Å². The molecule has 2 amide bonds. The summed E-state index contributed by atoms with van der Waals surface area (Å²) < 4.78 is 13.9. The molecule has 5 rings (SSSR count). The topological polar surface area (TPSA) is 85.5 Å². The molecule has 2 N–H and O–H groups in total. The molecule has 2 aliphatic heterocycles. The minimum absolute atomic E-state index is 0.0708. The Kier molecular flexibility index (Phi) is 5.62. The lowest BCUT2D eigenvalue weighted by molar-refractivity contribution is -0.132. The first-order chi connectivity index (χ1) is 15.9. The number of nitrogens with one attached hydrogen (secondary N) is 2. The SMILES string of the molecule is CN1CCN(C(=O)CCc2c(/C=C3\C(=O)Nc4ccc(F)cc43)[nH]c3c2C(=O)CCC3)CC1. The second-order valence-electron chi connectivity index (χ2n) is 9.03. The number of piperazine rings is 1. The smallest absolute Gasteiger partial charge is 0.256 e. The van der Waals surface area contributed by atoms with E-state index >= 15 is 0 Å². The van der Waals surface area contributed by atoms with Crippen LogP contribution >= 0.6 is 0 Å². The lowest BCUT2D eigenvalue weighted by Gasteiger charge is -2.32. The van der Waals surface area contributed by atoms with E-state index in [1.165, 1.54) is 12.1 Å². The van der Waals surface area contributed by atoms with Gasteiger partial charge in [0.15, 0.2) is 5.78 Å². The van der Waals surface area contributed by atoms with Gasteiger partial charge in [-0.05, 0) is 56.1 Å². The Labute approximate surface area is 191 Å². The number of likely N-dealkylation sites (N-methyl/N-ethyl adjacent to an activating group) is 1. The molecule has 0 spiro atoms. The van der Waals surface area contributed by atoms with Crippen molar-refractivity contribution in [1.29, 1.82) is 0 Å². The van der Waals surface area contributed by atoms with Crippen LogP contribution in [0.4, 0.5) is 10.1 Å². The minimum atomic E-state index is -0.421. The molecule has 3 aliphatic rings. The van der Waals surface area contributed by atoms with Crippen LogP contribution in [0.25, 0.3) is 11.6 Å². The van der Waals surface area contributed by atoms with Crippen LogP contribution in [0.15, 0.2) is 18.2 Å². The van der Waals surface area contributed by atoms with Gasteiger partial charge in [-0.3, -0.25) is 14.4 Å². The predicted octanol–water partition coefficient (Wildman–Crippen LogP) is 2.87. The molecular weight excluding hydrogens is 423 g/mol. The zero-order valence-electron chi connectivity index (χ0n) is 18.7. The Hall–Kier alpha value is -3.26. The Morgan fingerprint density at radius 3 is 2.73 bits per heavy atom. The summed E-state index contributed by atoms with van der Waals surface area (Å²) in [5, 5.41) is 2.76. The number of carbonyl (C=O) groups is 3. The summed E-state index contributed by atoms with van der Waals surface area (Å²) in [7, 11) is 2.04. The average Bonchev–Trinajstić information content (AvgIpc) is 3.30. The Bertz CT molecular complexity index is 1170. The van der Waals surface area contributed by atoms with Gasteiger partial charge in [0.05, 0.1) is 5.57 Å². The summed E-state index contributed by atoms with van der Waals surface area (Å²) in [6.07, 6.45) is 4.42. The molecule has 1 saturated heterocycles. The van der Waals surface area contributed by atoms with Crippen molar-refractivity contribution in [3.63, 3.8) is 0 Å². The third-order valence-electron chi connectivity index (χ3n) is 6.82. The van der Waals surface area contributed by atoms with E-state index in [0.29, 0.717) is 60.4 Å². The van der Waals surface area contributed by atoms with Crippen LogP contribution in [0, 0.1) is 5.82 Å². The number of hydrogen-bond acceptors (Lipinski definition) is 4. The van der Waals surface area contributed by atoms with E-state index in [9.17, 15) is 18.8 Å². The third kappa shape index (κ3) is 4.11. The van der Waals surface area contributed by atoms with Crippen molar-refractivity contribution in [3.8, 4) is 0 Å². The average molecular weight is 451 g/mol. The number of benzene rings is 1. The van der Waals surface area contributed by atoms with Crippen molar-refractivity contribution in [1.82, 2.24) is 14.8 Å². The van der Waals surface area contributed by atoms with Crippen LogP contribution in [-0.2, 0) is 22.4 Å². The van der Waals surface area contributed by atoms with Crippen molar-refractivity contribution in [2.45, 2.75) is 32.1 Å². The van der Waals surface area contributed by atoms with Crippen LogP contribution < -0.4 is 5.32 Å². The minimum Gasteiger partial charge on any atom is -0.358 e. The normalized spacial score (nSPS) is 19.6. The second-order valence-corrected chi connectivity index (χ2v) is 9.03. The monoisotopic (exact) mass is 450 g/mol. The van der Waals surface area contributed by atoms with Gasteiger partial charge >= 0.3 is 0 Å². The molecule has 0 atom stereocenters. The maximum atomic E-state index is 13.9.